The third-order valence-electron chi connectivity index (χ3n) is 2.90. The summed E-state index contributed by atoms with van der Waals surface area (Å²) in [6, 6.07) is 10.6. The zero-order valence-electron chi connectivity index (χ0n) is 10.7. The molecule has 0 aliphatic heterocycles. The number of nitrogens with one attached hydrogen (secondary N) is 1. The summed E-state index contributed by atoms with van der Waals surface area (Å²) in [6.45, 7) is 1.51. The molecule has 20 heavy (non-hydrogen) atoms. The predicted octanol–water partition coefficient (Wildman–Crippen LogP) is 2.86. The molecular weight excluding hydrogens is 260 g/mol. The van der Waals surface area contributed by atoms with Crippen LogP contribution in [0.25, 0.3) is 0 Å². The molecule has 0 heterocycles. The number of nitro groups is 1. The van der Waals surface area contributed by atoms with E-state index in [-0.39, 0.29) is 28.3 Å². The Balaban J connectivity index is 2.33. The predicted molar refractivity (Wildman–Crippen MR) is 73.9 cm³/mol. The molecule has 0 saturated heterocycles. The number of phenolic OH excluding ortho intramolecular Hbond substituents is 1. The molecule has 0 atom stereocenters. The molecule has 2 N–H and O–H groups in total. The minimum absolute atomic E-state index is 0.0658. The lowest BCUT2D eigenvalue weighted by Crippen LogP contribution is -2.14. The van der Waals surface area contributed by atoms with Crippen molar-refractivity contribution in [3.63, 3.8) is 0 Å². The molecule has 0 aromatic heterocycles. The molecule has 0 unspecified atom stereocenters. The van der Waals surface area contributed by atoms with E-state index in [0.717, 1.165) is 0 Å². The summed E-state index contributed by atoms with van der Waals surface area (Å²) in [6.07, 6.45) is 0. The highest BCUT2D eigenvalue weighted by Crippen LogP contribution is 2.25. The van der Waals surface area contributed by atoms with Gasteiger partial charge in [-0.3, -0.25) is 14.9 Å². The van der Waals surface area contributed by atoms with Crippen molar-refractivity contribution in [2.75, 3.05) is 5.32 Å². The van der Waals surface area contributed by atoms with Crippen LogP contribution in [0.3, 0.4) is 0 Å². The van der Waals surface area contributed by atoms with Crippen LogP contribution in [0.15, 0.2) is 42.5 Å². The van der Waals surface area contributed by atoms with E-state index in [0.29, 0.717) is 0 Å². The second kappa shape index (κ2) is 5.40. The Morgan fingerprint density at radius 3 is 2.55 bits per heavy atom. The van der Waals surface area contributed by atoms with Gasteiger partial charge in [0.2, 0.25) is 0 Å². The first-order valence-corrected chi connectivity index (χ1v) is 5.84. The summed E-state index contributed by atoms with van der Waals surface area (Å²) >= 11 is 0. The van der Waals surface area contributed by atoms with Gasteiger partial charge < -0.3 is 10.4 Å². The standard InChI is InChI=1S/C14H12N2O4/c1-9-10(5-4-7-12(9)16(19)20)14(18)15-11-6-2-3-8-13(11)17/h2-8,17H,1H3,(H,15,18). The Morgan fingerprint density at radius 2 is 1.90 bits per heavy atom. The largest absolute Gasteiger partial charge is 0.506 e. The normalized spacial score (nSPS) is 10.1. The fourth-order valence-electron chi connectivity index (χ4n) is 1.84. The van der Waals surface area contributed by atoms with Gasteiger partial charge >= 0.3 is 0 Å². The summed E-state index contributed by atoms with van der Waals surface area (Å²) in [5, 5.41) is 23.0. The second-order valence-electron chi connectivity index (χ2n) is 4.18. The maximum absolute atomic E-state index is 12.1. The van der Waals surface area contributed by atoms with Crippen LogP contribution in [0.4, 0.5) is 11.4 Å². The summed E-state index contributed by atoms with van der Waals surface area (Å²) in [5.74, 6) is -0.573. The first-order valence-electron chi connectivity index (χ1n) is 5.84. The van der Waals surface area contributed by atoms with Crippen molar-refractivity contribution >= 4 is 17.3 Å². The van der Waals surface area contributed by atoms with Gasteiger partial charge in [-0.25, -0.2) is 0 Å². The molecule has 0 bridgehead atoms. The SMILES string of the molecule is Cc1c(C(=O)Nc2ccccc2O)cccc1[N+](=O)[O-]. The number of aromatic hydroxyl groups is 1. The smallest absolute Gasteiger partial charge is 0.273 e. The van der Waals surface area contributed by atoms with Gasteiger partial charge in [-0.15, -0.1) is 0 Å². The van der Waals surface area contributed by atoms with Gasteiger partial charge in [0.05, 0.1) is 10.6 Å². The number of nitro benzene ring substituents is 1. The number of phenols is 1. The van der Waals surface area contributed by atoms with E-state index in [9.17, 15) is 20.0 Å². The highest BCUT2D eigenvalue weighted by molar-refractivity contribution is 6.06. The number of amides is 1. The van der Waals surface area contributed by atoms with E-state index in [1.807, 2.05) is 0 Å². The molecule has 0 spiro atoms. The molecule has 2 rings (SSSR count). The Kier molecular flexibility index (Phi) is 3.65. The quantitative estimate of drug-likeness (QED) is 0.510. The minimum Gasteiger partial charge on any atom is -0.506 e. The summed E-state index contributed by atoms with van der Waals surface area (Å²) in [4.78, 5) is 22.4. The molecule has 0 fully saturated rings. The highest BCUT2D eigenvalue weighted by Gasteiger charge is 2.18. The van der Waals surface area contributed by atoms with E-state index < -0.39 is 10.8 Å². The molecule has 0 radical (unpaired) electrons. The topological polar surface area (TPSA) is 92.5 Å². The Labute approximate surface area is 114 Å². The Bertz CT molecular complexity index is 683. The molecule has 6 nitrogen and oxygen atoms in total. The first kappa shape index (κ1) is 13.5. The number of benzene rings is 2. The van der Waals surface area contributed by atoms with Gasteiger partial charge in [-0.1, -0.05) is 18.2 Å². The van der Waals surface area contributed by atoms with E-state index in [1.54, 1.807) is 18.2 Å². The van der Waals surface area contributed by atoms with E-state index in [4.69, 9.17) is 0 Å². The molecule has 0 saturated carbocycles. The van der Waals surface area contributed by atoms with Crippen molar-refractivity contribution in [3.8, 4) is 5.75 Å². The summed E-state index contributed by atoms with van der Waals surface area (Å²) in [5.41, 5.74) is 0.617. The maximum Gasteiger partial charge on any atom is 0.273 e. The molecule has 2 aromatic rings. The third kappa shape index (κ3) is 2.59. The monoisotopic (exact) mass is 272 g/mol. The molecule has 0 aliphatic rings. The Morgan fingerprint density at radius 1 is 1.20 bits per heavy atom. The van der Waals surface area contributed by atoms with Gasteiger partial charge in [0, 0.05) is 17.2 Å². The first-order chi connectivity index (χ1) is 9.50. The van der Waals surface area contributed by atoms with Crippen LogP contribution in [0.5, 0.6) is 5.75 Å². The zero-order chi connectivity index (χ0) is 14.7. The van der Waals surface area contributed by atoms with E-state index in [2.05, 4.69) is 5.32 Å². The van der Waals surface area contributed by atoms with Crippen LogP contribution < -0.4 is 5.32 Å². The summed E-state index contributed by atoms with van der Waals surface area (Å²) < 4.78 is 0. The second-order valence-corrected chi connectivity index (χ2v) is 4.18. The number of anilines is 1. The summed E-state index contributed by atoms with van der Waals surface area (Å²) in [7, 11) is 0. The van der Waals surface area contributed by atoms with Crippen molar-refractivity contribution in [2.45, 2.75) is 6.92 Å². The zero-order valence-corrected chi connectivity index (χ0v) is 10.7. The van der Waals surface area contributed by atoms with Crippen LogP contribution in [0, 0.1) is 17.0 Å². The van der Waals surface area contributed by atoms with E-state index >= 15 is 0 Å². The van der Waals surface area contributed by atoms with Crippen molar-refractivity contribution < 1.29 is 14.8 Å². The van der Waals surface area contributed by atoms with Crippen LogP contribution in [0.2, 0.25) is 0 Å². The number of carbonyl (C=O) groups is 1. The molecule has 6 heteroatoms. The third-order valence-corrected chi connectivity index (χ3v) is 2.90. The minimum atomic E-state index is -0.536. The molecule has 1 amide bonds. The molecule has 0 aliphatic carbocycles. The lowest BCUT2D eigenvalue weighted by molar-refractivity contribution is -0.385. The number of hydrogen-bond donors (Lipinski definition) is 2. The fraction of sp³-hybridized carbons (Fsp3) is 0.0714. The number of para-hydroxylation sites is 2. The van der Waals surface area contributed by atoms with Gasteiger partial charge in [0.1, 0.15) is 5.75 Å². The highest BCUT2D eigenvalue weighted by atomic mass is 16.6. The number of nitrogens with zero attached hydrogens (tertiary/aromatic N) is 1. The Hall–Kier alpha value is -2.89. The number of rotatable bonds is 3. The average molecular weight is 272 g/mol. The van der Waals surface area contributed by atoms with E-state index in [1.165, 1.54) is 31.2 Å². The van der Waals surface area contributed by atoms with Crippen LogP contribution in [-0.2, 0) is 0 Å². The maximum atomic E-state index is 12.1. The average Bonchev–Trinajstić information content (AvgIpc) is 2.41. The molecular formula is C14H12N2O4. The van der Waals surface area contributed by atoms with Crippen molar-refractivity contribution in [2.24, 2.45) is 0 Å². The van der Waals surface area contributed by atoms with Crippen LogP contribution >= 0.6 is 0 Å². The van der Waals surface area contributed by atoms with Crippen LogP contribution in [0.1, 0.15) is 15.9 Å². The van der Waals surface area contributed by atoms with Crippen LogP contribution in [-0.4, -0.2) is 15.9 Å². The van der Waals surface area contributed by atoms with Gasteiger partial charge in [0.25, 0.3) is 11.6 Å². The van der Waals surface area contributed by atoms with Crippen molar-refractivity contribution in [1.82, 2.24) is 0 Å². The lowest BCUT2D eigenvalue weighted by Gasteiger charge is -2.09. The van der Waals surface area contributed by atoms with Gasteiger partial charge in [0.15, 0.2) is 0 Å². The molecule has 102 valence electrons. The van der Waals surface area contributed by atoms with Gasteiger partial charge in [-0.05, 0) is 25.1 Å². The number of carbonyl (C=O) groups excluding carboxylic acids is 1. The lowest BCUT2D eigenvalue weighted by atomic mass is 10.1. The van der Waals surface area contributed by atoms with Crippen molar-refractivity contribution in [3.05, 3.63) is 63.7 Å². The number of hydrogen-bond acceptors (Lipinski definition) is 4. The van der Waals surface area contributed by atoms with Crippen molar-refractivity contribution in [1.29, 1.82) is 0 Å². The molecule has 2 aromatic carbocycles. The fourth-order valence-corrected chi connectivity index (χ4v) is 1.84. The van der Waals surface area contributed by atoms with Gasteiger partial charge in [-0.2, -0.15) is 0 Å².